The van der Waals surface area contributed by atoms with Crippen molar-refractivity contribution in [2.75, 3.05) is 7.11 Å². The lowest BCUT2D eigenvalue weighted by Crippen LogP contribution is -1.81. The first-order valence-corrected chi connectivity index (χ1v) is 8.26. The van der Waals surface area contributed by atoms with Crippen LogP contribution in [0.3, 0.4) is 0 Å². The normalized spacial score (nSPS) is 11.7. The molecule has 0 atom stereocenters. The second kappa shape index (κ2) is 17.3. The molecule has 0 N–H and O–H groups in total. The van der Waals surface area contributed by atoms with Gasteiger partial charge in [-0.25, -0.2) is 0 Å². The largest absolute Gasteiger partial charge is 0.504 e. The quantitative estimate of drug-likeness (QED) is 0.201. The van der Waals surface area contributed by atoms with Gasteiger partial charge in [0.05, 0.1) is 13.4 Å². The molecule has 0 aliphatic rings. The molecule has 0 unspecified atom stereocenters. The summed E-state index contributed by atoms with van der Waals surface area (Å²) in [6, 6.07) is 0. The van der Waals surface area contributed by atoms with Crippen molar-refractivity contribution >= 4 is 0 Å². The van der Waals surface area contributed by atoms with Crippen LogP contribution in [0.15, 0.2) is 24.5 Å². The third-order valence-corrected chi connectivity index (χ3v) is 3.44. The van der Waals surface area contributed by atoms with Crippen LogP contribution in [0.25, 0.3) is 0 Å². The minimum absolute atomic E-state index is 1.20. The van der Waals surface area contributed by atoms with Gasteiger partial charge in [-0.1, -0.05) is 83.3 Å². The molecule has 0 aromatic heterocycles. The number of ether oxygens (including phenoxy) is 1. The van der Waals surface area contributed by atoms with E-state index in [9.17, 15) is 0 Å². The zero-order valence-electron chi connectivity index (χ0n) is 13.2. The summed E-state index contributed by atoms with van der Waals surface area (Å²) in [5, 5.41) is 0. The Hall–Kier alpha value is -0.720. The zero-order chi connectivity index (χ0) is 14.0. The Labute approximate surface area is 121 Å². The standard InChI is InChI=1S/C18H34O/c1-3-4-5-6-7-8-9-10-11-12-13-14-15-16-17-18-19-2/h15-18H,3-14H2,1-2H3. The SMILES string of the molecule is CCCCCCCCCCCCCC=CC=COC. The van der Waals surface area contributed by atoms with Crippen LogP contribution in [0.2, 0.25) is 0 Å². The number of methoxy groups -OCH3 is 1. The Morgan fingerprint density at radius 2 is 1.21 bits per heavy atom. The van der Waals surface area contributed by atoms with Crippen molar-refractivity contribution in [2.24, 2.45) is 0 Å². The van der Waals surface area contributed by atoms with Gasteiger partial charge in [-0.05, 0) is 18.9 Å². The van der Waals surface area contributed by atoms with Crippen LogP contribution >= 0.6 is 0 Å². The van der Waals surface area contributed by atoms with Crippen molar-refractivity contribution in [1.29, 1.82) is 0 Å². The van der Waals surface area contributed by atoms with Crippen LogP contribution in [0.1, 0.15) is 84.0 Å². The maximum absolute atomic E-state index is 4.82. The van der Waals surface area contributed by atoms with Crippen LogP contribution in [0.4, 0.5) is 0 Å². The second-order valence-corrected chi connectivity index (χ2v) is 5.32. The molecule has 0 rings (SSSR count). The number of unbranched alkanes of at least 4 members (excludes halogenated alkanes) is 11. The van der Waals surface area contributed by atoms with Gasteiger partial charge >= 0.3 is 0 Å². The maximum atomic E-state index is 4.82. The van der Waals surface area contributed by atoms with Crippen LogP contribution in [0.5, 0.6) is 0 Å². The first-order chi connectivity index (χ1) is 9.41. The molecule has 0 aromatic rings. The Balaban J connectivity index is 3.02. The Kier molecular flexibility index (Phi) is 16.6. The third-order valence-electron chi connectivity index (χ3n) is 3.44. The number of allylic oxidation sites excluding steroid dienone is 3. The average molecular weight is 266 g/mol. The monoisotopic (exact) mass is 266 g/mol. The lowest BCUT2D eigenvalue weighted by Gasteiger charge is -2.01. The predicted octanol–water partition coefficient (Wildman–Crippen LogP) is 6.40. The van der Waals surface area contributed by atoms with Gasteiger partial charge in [0.2, 0.25) is 0 Å². The molecule has 0 aliphatic heterocycles. The summed E-state index contributed by atoms with van der Waals surface area (Å²) in [5.74, 6) is 0. The van der Waals surface area contributed by atoms with Gasteiger partial charge in [-0.3, -0.25) is 0 Å². The molecule has 0 heterocycles. The third kappa shape index (κ3) is 17.3. The van der Waals surface area contributed by atoms with Gasteiger partial charge in [0.1, 0.15) is 0 Å². The molecule has 19 heavy (non-hydrogen) atoms. The van der Waals surface area contributed by atoms with E-state index in [1.54, 1.807) is 13.4 Å². The van der Waals surface area contributed by atoms with E-state index in [0.717, 1.165) is 0 Å². The van der Waals surface area contributed by atoms with Gasteiger partial charge in [0.15, 0.2) is 0 Å². The first-order valence-electron chi connectivity index (χ1n) is 8.26. The van der Waals surface area contributed by atoms with E-state index < -0.39 is 0 Å². The fourth-order valence-corrected chi connectivity index (χ4v) is 2.23. The minimum atomic E-state index is 1.20. The van der Waals surface area contributed by atoms with E-state index in [-0.39, 0.29) is 0 Å². The fourth-order valence-electron chi connectivity index (χ4n) is 2.23. The molecule has 112 valence electrons. The van der Waals surface area contributed by atoms with E-state index >= 15 is 0 Å². The summed E-state index contributed by atoms with van der Waals surface area (Å²) < 4.78 is 4.82. The van der Waals surface area contributed by atoms with Gasteiger partial charge in [-0.2, -0.15) is 0 Å². The highest BCUT2D eigenvalue weighted by Crippen LogP contribution is 2.11. The van der Waals surface area contributed by atoms with Crippen molar-refractivity contribution in [3.05, 3.63) is 24.5 Å². The molecule has 1 nitrogen and oxygen atoms in total. The Morgan fingerprint density at radius 3 is 1.74 bits per heavy atom. The molecule has 0 radical (unpaired) electrons. The molecule has 0 saturated carbocycles. The molecule has 0 saturated heterocycles. The Bertz CT molecular complexity index is 206. The van der Waals surface area contributed by atoms with E-state index in [0.29, 0.717) is 0 Å². The Morgan fingerprint density at radius 1 is 0.684 bits per heavy atom. The molecular weight excluding hydrogens is 232 g/mol. The number of hydrogen-bond donors (Lipinski definition) is 0. The summed E-state index contributed by atoms with van der Waals surface area (Å²) in [6.45, 7) is 2.28. The van der Waals surface area contributed by atoms with E-state index in [4.69, 9.17) is 4.74 Å². The lowest BCUT2D eigenvalue weighted by molar-refractivity contribution is 0.338. The maximum Gasteiger partial charge on any atom is 0.0824 e. The molecular formula is C18H34O. The molecule has 1 heteroatoms. The highest BCUT2D eigenvalue weighted by atomic mass is 16.5. The molecule has 0 bridgehead atoms. The predicted molar refractivity (Wildman–Crippen MR) is 86.4 cm³/mol. The molecule has 0 aliphatic carbocycles. The molecule has 0 fully saturated rings. The lowest BCUT2D eigenvalue weighted by atomic mass is 10.1. The fraction of sp³-hybridized carbons (Fsp3) is 0.778. The van der Waals surface area contributed by atoms with Gasteiger partial charge in [0, 0.05) is 0 Å². The van der Waals surface area contributed by atoms with Crippen LogP contribution < -0.4 is 0 Å². The summed E-state index contributed by atoms with van der Waals surface area (Å²) in [6.07, 6.45) is 24.7. The van der Waals surface area contributed by atoms with Crippen molar-refractivity contribution in [3.8, 4) is 0 Å². The van der Waals surface area contributed by atoms with Gasteiger partial charge in [-0.15, -0.1) is 0 Å². The van der Waals surface area contributed by atoms with Gasteiger partial charge < -0.3 is 4.74 Å². The number of rotatable bonds is 14. The van der Waals surface area contributed by atoms with E-state index in [1.165, 1.54) is 77.0 Å². The van der Waals surface area contributed by atoms with Crippen LogP contribution in [0, 0.1) is 0 Å². The van der Waals surface area contributed by atoms with Gasteiger partial charge in [0.25, 0.3) is 0 Å². The summed E-state index contributed by atoms with van der Waals surface area (Å²) in [7, 11) is 1.67. The first kappa shape index (κ1) is 18.3. The molecule has 0 spiro atoms. The second-order valence-electron chi connectivity index (χ2n) is 5.32. The average Bonchev–Trinajstić information content (AvgIpc) is 2.43. The van der Waals surface area contributed by atoms with E-state index in [2.05, 4.69) is 19.1 Å². The van der Waals surface area contributed by atoms with Crippen molar-refractivity contribution in [2.45, 2.75) is 84.0 Å². The van der Waals surface area contributed by atoms with Crippen LogP contribution in [-0.4, -0.2) is 7.11 Å². The summed E-state index contributed by atoms with van der Waals surface area (Å²) in [5.41, 5.74) is 0. The van der Waals surface area contributed by atoms with Crippen molar-refractivity contribution in [1.82, 2.24) is 0 Å². The number of hydrogen-bond acceptors (Lipinski definition) is 1. The summed E-state index contributed by atoms with van der Waals surface area (Å²) in [4.78, 5) is 0. The minimum Gasteiger partial charge on any atom is -0.504 e. The smallest absolute Gasteiger partial charge is 0.0824 e. The highest BCUT2D eigenvalue weighted by Gasteiger charge is 1.92. The topological polar surface area (TPSA) is 9.23 Å². The highest BCUT2D eigenvalue weighted by molar-refractivity contribution is 4.99. The van der Waals surface area contributed by atoms with Crippen molar-refractivity contribution < 1.29 is 4.74 Å². The van der Waals surface area contributed by atoms with E-state index in [1.807, 2.05) is 6.08 Å². The summed E-state index contributed by atoms with van der Waals surface area (Å²) >= 11 is 0. The molecule has 0 aromatic carbocycles. The molecule has 0 amide bonds. The zero-order valence-corrected chi connectivity index (χ0v) is 13.2. The van der Waals surface area contributed by atoms with Crippen LogP contribution in [-0.2, 0) is 4.74 Å². The van der Waals surface area contributed by atoms with Crippen molar-refractivity contribution in [3.63, 3.8) is 0 Å².